The molecule has 1 aliphatic rings. The van der Waals surface area contributed by atoms with Crippen LogP contribution in [0.15, 0.2) is 54.6 Å². The Morgan fingerprint density at radius 1 is 0.804 bits per heavy atom. The number of benzene rings is 2. The van der Waals surface area contributed by atoms with Crippen molar-refractivity contribution in [2.75, 3.05) is 13.1 Å². The summed E-state index contributed by atoms with van der Waals surface area (Å²) in [6, 6.07) is 15.9. The van der Waals surface area contributed by atoms with Crippen LogP contribution in [0.4, 0.5) is 4.79 Å². The van der Waals surface area contributed by atoms with Gasteiger partial charge in [-0.2, -0.15) is 0 Å². The van der Waals surface area contributed by atoms with Crippen molar-refractivity contribution in [3.8, 4) is 0 Å². The zero-order valence-corrected chi connectivity index (χ0v) is 32.1. The number of rotatable bonds is 17. The van der Waals surface area contributed by atoms with Gasteiger partial charge in [0, 0.05) is 28.5 Å². The van der Waals surface area contributed by atoms with Crippen molar-refractivity contribution in [3.05, 3.63) is 70.7 Å². The van der Waals surface area contributed by atoms with Crippen LogP contribution >= 0.6 is 11.6 Å². The van der Waals surface area contributed by atoms with Crippen molar-refractivity contribution in [3.63, 3.8) is 0 Å². The third-order valence-corrected chi connectivity index (χ3v) is 8.86. The summed E-state index contributed by atoms with van der Waals surface area (Å²) in [6.07, 6.45) is 2.36. The quantitative estimate of drug-likeness (QED) is 0.0945. The van der Waals surface area contributed by atoms with Crippen LogP contribution in [0, 0.1) is 5.92 Å². The Bertz CT molecular complexity index is 1430. The molecule has 0 spiro atoms. The number of alkyl carbamates (subject to hydrolysis) is 1. The average Bonchev–Trinajstić information content (AvgIpc) is 3.59. The van der Waals surface area contributed by atoms with Crippen molar-refractivity contribution in [1.82, 2.24) is 10.6 Å². The van der Waals surface area contributed by atoms with Crippen LogP contribution in [0.25, 0.3) is 0 Å². The molecule has 1 amide bonds. The molecule has 0 saturated heterocycles. The first-order chi connectivity index (χ1) is 24.1. The first kappa shape index (κ1) is 41.8. The summed E-state index contributed by atoms with van der Waals surface area (Å²) in [5.41, 5.74) is -1.24. The average molecular weight is 729 g/mol. The maximum Gasteiger partial charge on any atom is 0.408 e. The summed E-state index contributed by atoms with van der Waals surface area (Å²) < 4.78 is 23.3. The molecule has 2 N–H and O–H groups in total. The number of carbonyl (C=O) groups excluding carboxylic acids is 4. The predicted octanol–water partition coefficient (Wildman–Crippen LogP) is 8.02. The van der Waals surface area contributed by atoms with Crippen LogP contribution in [0.5, 0.6) is 0 Å². The van der Waals surface area contributed by atoms with Gasteiger partial charge in [-0.25, -0.2) is 14.4 Å². The van der Waals surface area contributed by atoms with Gasteiger partial charge in [0.15, 0.2) is 5.60 Å². The van der Waals surface area contributed by atoms with Gasteiger partial charge in [0.1, 0.15) is 17.2 Å². The Balaban J connectivity index is 1.91. The summed E-state index contributed by atoms with van der Waals surface area (Å²) in [5.74, 6) is -1.88. The van der Waals surface area contributed by atoms with E-state index in [2.05, 4.69) is 10.6 Å². The monoisotopic (exact) mass is 728 g/mol. The molecule has 1 fully saturated rings. The number of esters is 3. The fourth-order valence-electron chi connectivity index (χ4n) is 6.40. The van der Waals surface area contributed by atoms with E-state index < -0.39 is 53.0 Å². The molecule has 2 aromatic carbocycles. The van der Waals surface area contributed by atoms with Crippen molar-refractivity contribution in [1.29, 1.82) is 0 Å². The zero-order chi connectivity index (χ0) is 37.7. The second-order valence-corrected chi connectivity index (χ2v) is 15.5. The first-order valence-electron chi connectivity index (χ1n) is 18.2. The SMILES string of the molecule is CCNCCC[C@H](NC(=O)O[C@@H](CCCC(=O)OC(C)(C)C)C(=O)OC(C)(C)C)C(=O)OC(c1ccccc1)(c1ccccc1Cl)C1CCCC1. The van der Waals surface area contributed by atoms with Crippen molar-refractivity contribution in [2.45, 2.75) is 135 Å². The number of hydrogen-bond acceptors (Lipinski definition) is 9. The number of nitrogens with one attached hydrogen (secondary N) is 2. The molecule has 10 nitrogen and oxygen atoms in total. The van der Waals surface area contributed by atoms with Gasteiger partial charge >= 0.3 is 24.0 Å². The van der Waals surface area contributed by atoms with Crippen LogP contribution in [0.3, 0.4) is 0 Å². The van der Waals surface area contributed by atoms with Crippen LogP contribution in [-0.4, -0.2) is 60.4 Å². The van der Waals surface area contributed by atoms with Gasteiger partial charge in [0.05, 0.1) is 0 Å². The van der Waals surface area contributed by atoms with Crippen LogP contribution < -0.4 is 10.6 Å². The van der Waals surface area contributed by atoms with E-state index in [9.17, 15) is 19.2 Å². The number of amides is 1. The molecule has 0 aromatic heterocycles. The Morgan fingerprint density at radius 2 is 1.43 bits per heavy atom. The van der Waals surface area contributed by atoms with Crippen LogP contribution in [0.1, 0.15) is 117 Å². The molecule has 282 valence electrons. The van der Waals surface area contributed by atoms with E-state index in [-0.39, 0.29) is 31.6 Å². The number of halogens is 1. The third kappa shape index (κ3) is 13.1. The van der Waals surface area contributed by atoms with E-state index in [1.165, 1.54) is 0 Å². The minimum absolute atomic E-state index is 0.0163. The third-order valence-electron chi connectivity index (χ3n) is 8.53. The second-order valence-electron chi connectivity index (χ2n) is 15.1. The summed E-state index contributed by atoms with van der Waals surface area (Å²) in [4.78, 5) is 53.5. The lowest BCUT2D eigenvalue weighted by molar-refractivity contribution is -0.167. The van der Waals surface area contributed by atoms with Crippen LogP contribution in [0.2, 0.25) is 5.02 Å². The van der Waals surface area contributed by atoms with Gasteiger partial charge in [0.25, 0.3) is 0 Å². The number of ether oxygens (including phenoxy) is 4. The lowest BCUT2D eigenvalue weighted by Crippen LogP contribution is -2.49. The molecule has 3 rings (SSSR count). The first-order valence-corrected chi connectivity index (χ1v) is 18.6. The van der Waals surface area contributed by atoms with Gasteiger partial charge in [-0.05, 0) is 99.2 Å². The molecule has 1 unspecified atom stereocenters. The molecule has 0 aliphatic heterocycles. The summed E-state index contributed by atoms with van der Waals surface area (Å²) in [5, 5.41) is 6.43. The van der Waals surface area contributed by atoms with E-state index in [0.29, 0.717) is 23.6 Å². The Kier molecular flexibility index (Phi) is 15.8. The summed E-state index contributed by atoms with van der Waals surface area (Å²) >= 11 is 6.87. The lowest BCUT2D eigenvalue weighted by atomic mass is 9.74. The van der Waals surface area contributed by atoms with E-state index in [1.807, 2.05) is 55.5 Å². The van der Waals surface area contributed by atoms with Crippen molar-refractivity contribution < 1.29 is 38.1 Å². The number of carbonyl (C=O) groups is 4. The highest BCUT2D eigenvalue weighted by Crippen LogP contribution is 2.50. The smallest absolute Gasteiger partial charge is 0.408 e. The topological polar surface area (TPSA) is 129 Å². The second kappa shape index (κ2) is 19.3. The molecule has 3 atom stereocenters. The van der Waals surface area contributed by atoms with Gasteiger partial charge in [0.2, 0.25) is 6.10 Å². The summed E-state index contributed by atoms with van der Waals surface area (Å²) in [6.45, 7) is 13.8. The number of hydrogen-bond donors (Lipinski definition) is 2. The van der Waals surface area contributed by atoms with Crippen molar-refractivity contribution in [2.24, 2.45) is 5.92 Å². The normalized spacial score (nSPS) is 16.0. The molecule has 0 radical (unpaired) electrons. The maximum absolute atomic E-state index is 14.4. The molecular formula is C40H57ClN2O8. The fraction of sp³-hybridized carbons (Fsp3) is 0.600. The summed E-state index contributed by atoms with van der Waals surface area (Å²) in [7, 11) is 0. The van der Waals surface area contributed by atoms with Gasteiger partial charge in [-0.15, -0.1) is 0 Å². The predicted molar refractivity (Wildman–Crippen MR) is 197 cm³/mol. The van der Waals surface area contributed by atoms with Crippen LogP contribution in [-0.2, 0) is 38.9 Å². The Morgan fingerprint density at radius 3 is 2.04 bits per heavy atom. The molecule has 2 aromatic rings. The maximum atomic E-state index is 14.4. The molecule has 0 heterocycles. The minimum Gasteiger partial charge on any atom is -0.460 e. The molecular weight excluding hydrogens is 672 g/mol. The zero-order valence-electron chi connectivity index (χ0n) is 31.4. The largest absolute Gasteiger partial charge is 0.460 e. The Hall–Kier alpha value is -3.63. The molecule has 51 heavy (non-hydrogen) atoms. The van der Waals surface area contributed by atoms with E-state index in [1.54, 1.807) is 47.6 Å². The molecule has 11 heteroatoms. The van der Waals surface area contributed by atoms with E-state index >= 15 is 0 Å². The van der Waals surface area contributed by atoms with Gasteiger partial charge in [-0.3, -0.25) is 4.79 Å². The Labute approximate surface area is 308 Å². The fourth-order valence-corrected chi connectivity index (χ4v) is 6.67. The molecule has 0 bridgehead atoms. The van der Waals surface area contributed by atoms with Gasteiger partial charge < -0.3 is 29.6 Å². The highest BCUT2D eigenvalue weighted by atomic mass is 35.5. The highest BCUT2D eigenvalue weighted by molar-refractivity contribution is 6.31. The standard InChI is InChI=1S/C40H57ClN2O8/c1-8-42-27-17-24-32(43-37(47)48-33(36(46)50-39(5,6)7)25-16-26-34(44)49-38(2,3)4)35(45)51-40(29-20-12-13-21-29,28-18-10-9-11-19-28)30-22-14-15-23-31(30)41/h9-11,14-15,18-19,22-23,29,32-33,42H,8,12-13,16-17,20-21,24-27H2,1-7H3,(H,43,47)/t32-,33-,40?/m0/s1. The molecule has 1 aliphatic carbocycles. The lowest BCUT2D eigenvalue weighted by Gasteiger charge is -2.41. The highest BCUT2D eigenvalue weighted by Gasteiger charge is 2.49. The van der Waals surface area contributed by atoms with Crippen molar-refractivity contribution >= 4 is 35.6 Å². The minimum atomic E-state index is -1.32. The van der Waals surface area contributed by atoms with Gasteiger partial charge in [-0.1, -0.05) is 79.9 Å². The molecule has 1 saturated carbocycles. The van der Waals surface area contributed by atoms with E-state index in [4.69, 9.17) is 30.5 Å². The van der Waals surface area contributed by atoms with E-state index in [0.717, 1.165) is 37.8 Å².